The van der Waals surface area contributed by atoms with Gasteiger partial charge in [0.1, 0.15) is 0 Å². The van der Waals surface area contributed by atoms with Gasteiger partial charge in [0.2, 0.25) is 5.91 Å². The fraction of sp³-hybridized carbons (Fsp3) is 0.417. The molecule has 0 N–H and O–H groups in total. The van der Waals surface area contributed by atoms with Gasteiger partial charge in [0.15, 0.2) is 0 Å². The largest absolute Gasteiger partial charge is 0.341 e. The second kappa shape index (κ2) is 6.81. The van der Waals surface area contributed by atoms with Gasteiger partial charge < -0.3 is 4.90 Å². The van der Waals surface area contributed by atoms with Crippen molar-refractivity contribution in [3.63, 3.8) is 0 Å². The van der Waals surface area contributed by atoms with E-state index in [2.05, 4.69) is 0 Å². The molecule has 1 aromatic rings. The molecular weight excluding hydrogens is 242 g/mol. The van der Waals surface area contributed by atoms with Crippen molar-refractivity contribution in [1.82, 2.24) is 4.90 Å². The Labute approximate surface area is 106 Å². The molecule has 1 aromatic carbocycles. The van der Waals surface area contributed by atoms with E-state index in [0.29, 0.717) is 11.6 Å². The van der Waals surface area contributed by atoms with E-state index >= 15 is 0 Å². The standard InChI is InChI=1S/C12H16ClNOS/c1-10(8-13)14(2)12(15)9-16-11-6-4-3-5-7-11/h3-7,10H,8-9H2,1-2H3. The van der Waals surface area contributed by atoms with Crippen molar-refractivity contribution in [2.24, 2.45) is 0 Å². The number of hydrogen-bond acceptors (Lipinski definition) is 2. The van der Waals surface area contributed by atoms with Crippen LogP contribution in [0, 0.1) is 0 Å². The maximum absolute atomic E-state index is 11.8. The molecule has 0 fully saturated rings. The Bertz CT molecular complexity index is 331. The first-order valence-corrected chi connectivity index (χ1v) is 6.66. The van der Waals surface area contributed by atoms with Gasteiger partial charge in [0.25, 0.3) is 0 Å². The summed E-state index contributed by atoms with van der Waals surface area (Å²) in [5.74, 6) is 1.04. The van der Waals surface area contributed by atoms with Crippen LogP contribution in [0.2, 0.25) is 0 Å². The molecule has 0 aliphatic carbocycles. The van der Waals surface area contributed by atoms with E-state index in [0.717, 1.165) is 4.90 Å². The number of amides is 1. The summed E-state index contributed by atoms with van der Waals surface area (Å²) in [6, 6.07) is 10.0. The first-order chi connectivity index (χ1) is 7.65. The molecule has 0 aromatic heterocycles. The van der Waals surface area contributed by atoms with Crippen molar-refractivity contribution >= 4 is 29.3 Å². The van der Waals surface area contributed by atoms with Crippen LogP contribution in [0.25, 0.3) is 0 Å². The molecule has 88 valence electrons. The van der Waals surface area contributed by atoms with E-state index in [1.165, 1.54) is 0 Å². The number of benzene rings is 1. The average Bonchev–Trinajstić information content (AvgIpc) is 2.35. The van der Waals surface area contributed by atoms with E-state index in [1.54, 1.807) is 23.7 Å². The first-order valence-electron chi connectivity index (χ1n) is 5.14. The number of thioether (sulfide) groups is 1. The lowest BCUT2D eigenvalue weighted by Crippen LogP contribution is -2.37. The van der Waals surface area contributed by atoms with Crippen LogP contribution in [0.1, 0.15) is 6.92 Å². The number of halogens is 1. The van der Waals surface area contributed by atoms with Gasteiger partial charge in [0.05, 0.1) is 5.75 Å². The van der Waals surface area contributed by atoms with Crippen molar-refractivity contribution in [1.29, 1.82) is 0 Å². The number of carbonyl (C=O) groups is 1. The van der Waals surface area contributed by atoms with Crippen LogP contribution in [0.3, 0.4) is 0 Å². The fourth-order valence-corrected chi connectivity index (χ4v) is 2.16. The minimum atomic E-state index is 0.0885. The predicted octanol–water partition coefficient (Wildman–Crippen LogP) is 2.86. The summed E-state index contributed by atoms with van der Waals surface area (Å²) in [6.07, 6.45) is 0. The average molecular weight is 258 g/mol. The quantitative estimate of drug-likeness (QED) is 0.597. The number of rotatable bonds is 5. The van der Waals surface area contributed by atoms with E-state index < -0.39 is 0 Å². The highest BCUT2D eigenvalue weighted by atomic mass is 35.5. The van der Waals surface area contributed by atoms with Crippen LogP contribution in [-0.2, 0) is 4.79 Å². The van der Waals surface area contributed by atoms with Crippen LogP contribution < -0.4 is 0 Å². The van der Waals surface area contributed by atoms with E-state index in [4.69, 9.17) is 11.6 Å². The normalized spacial score (nSPS) is 12.2. The van der Waals surface area contributed by atoms with Crippen molar-refractivity contribution in [3.05, 3.63) is 30.3 Å². The van der Waals surface area contributed by atoms with Crippen LogP contribution >= 0.6 is 23.4 Å². The van der Waals surface area contributed by atoms with Gasteiger partial charge in [-0.2, -0.15) is 0 Å². The second-order valence-corrected chi connectivity index (χ2v) is 4.97. The highest BCUT2D eigenvalue weighted by molar-refractivity contribution is 8.00. The molecule has 0 aliphatic heterocycles. The van der Waals surface area contributed by atoms with Crippen molar-refractivity contribution in [2.75, 3.05) is 18.7 Å². The summed E-state index contributed by atoms with van der Waals surface area (Å²) in [5.41, 5.74) is 0. The first kappa shape index (κ1) is 13.4. The number of alkyl halides is 1. The van der Waals surface area contributed by atoms with Crippen LogP contribution in [0.5, 0.6) is 0 Å². The fourth-order valence-electron chi connectivity index (χ4n) is 1.11. The summed E-state index contributed by atoms with van der Waals surface area (Å²) >= 11 is 7.26. The van der Waals surface area contributed by atoms with Gasteiger partial charge in [0, 0.05) is 23.9 Å². The molecule has 1 atom stereocenters. The van der Waals surface area contributed by atoms with Gasteiger partial charge in [-0.3, -0.25) is 4.79 Å². The molecule has 1 unspecified atom stereocenters. The molecule has 1 amide bonds. The van der Waals surface area contributed by atoms with Gasteiger partial charge in [-0.1, -0.05) is 18.2 Å². The number of carbonyl (C=O) groups excluding carboxylic acids is 1. The highest BCUT2D eigenvalue weighted by Crippen LogP contribution is 2.17. The third-order valence-electron chi connectivity index (χ3n) is 2.38. The Morgan fingerprint density at radius 1 is 1.44 bits per heavy atom. The molecule has 0 radical (unpaired) electrons. The minimum Gasteiger partial charge on any atom is -0.341 e. The molecule has 4 heteroatoms. The van der Waals surface area contributed by atoms with Crippen LogP contribution in [-0.4, -0.2) is 35.5 Å². The summed E-state index contributed by atoms with van der Waals surface area (Å²) in [4.78, 5) is 14.6. The van der Waals surface area contributed by atoms with Gasteiger partial charge in [-0.05, 0) is 19.1 Å². The topological polar surface area (TPSA) is 20.3 Å². The summed E-state index contributed by atoms with van der Waals surface area (Å²) < 4.78 is 0. The van der Waals surface area contributed by atoms with E-state index in [9.17, 15) is 4.79 Å². The third kappa shape index (κ3) is 4.06. The molecule has 2 nitrogen and oxygen atoms in total. The lowest BCUT2D eigenvalue weighted by atomic mass is 10.3. The van der Waals surface area contributed by atoms with Crippen molar-refractivity contribution < 1.29 is 4.79 Å². The molecule has 0 bridgehead atoms. The summed E-state index contributed by atoms with van der Waals surface area (Å²) in [5, 5.41) is 0. The second-order valence-electron chi connectivity index (χ2n) is 3.61. The molecule has 0 aliphatic rings. The Morgan fingerprint density at radius 3 is 2.62 bits per heavy atom. The zero-order valence-corrected chi connectivity index (χ0v) is 11.1. The number of nitrogens with zero attached hydrogens (tertiary/aromatic N) is 1. The molecule has 0 heterocycles. The maximum Gasteiger partial charge on any atom is 0.232 e. The Hall–Kier alpha value is -0.670. The molecular formula is C12H16ClNOS. The lowest BCUT2D eigenvalue weighted by molar-refractivity contribution is -0.128. The van der Waals surface area contributed by atoms with Crippen molar-refractivity contribution in [2.45, 2.75) is 17.9 Å². The maximum atomic E-state index is 11.8. The molecule has 1 rings (SSSR count). The smallest absolute Gasteiger partial charge is 0.232 e. The highest BCUT2D eigenvalue weighted by Gasteiger charge is 2.14. The Balaban J connectivity index is 2.41. The summed E-state index contributed by atoms with van der Waals surface area (Å²) in [6.45, 7) is 1.94. The molecule has 16 heavy (non-hydrogen) atoms. The molecule has 0 saturated heterocycles. The van der Waals surface area contributed by atoms with Crippen molar-refractivity contribution in [3.8, 4) is 0 Å². The monoisotopic (exact) mass is 257 g/mol. The summed E-state index contributed by atoms with van der Waals surface area (Å²) in [7, 11) is 1.79. The zero-order chi connectivity index (χ0) is 12.0. The Kier molecular flexibility index (Phi) is 5.71. The van der Waals surface area contributed by atoms with Gasteiger partial charge >= 0.3 is 0 Å². The minimum absolute atomic E-state index is 0.0885. The lowest BCUT2D eigenvalue weighted by Gasteiger charge is -2.22. The van der Waals surface area contributed by atoms with E-state index in [-0.39, 0.29) is 11.9 Å². The van der Waals surface area contributed by atoms with Gasteiger partial charge in [-0.15, -0.1) is 23.4 Å². The SMILES string of the molecule is CC(CCl)N(C)C(=O)CSc1ccccc1. The zero-order valence-electron chi connectivity index (χ0n) is 9.52. The van der Waals surface area contributed by atoms with Gasteiger partial charge in [-0.25, -0.2) is 0 Å². The number of hydrogen-bond donors (Lipinski definition) is 0. The van der Waals surface area contributed by atoms with E-state index in [1.807, 2.05) is 37.3 Å². The van der Waals surface area contributed by atoms with Crippen LogP contribution in [0.15, 0.2) is 35.2 Å². The molecule has 0 saturated carbocycles. The van der Waals surface area contributed by atoms with Crippen LogP contribution in [0.4, 0.5) is 0 Å². The predicted molar refractivity (Wildman–Crippen MR) is 70.1 cm³/mol. The Morgan fingerprint density at radius 2 is 2.06 bits per heavy atom. The third-order valence-corrected chi connectivity index (χ3v) is 3.83. The molecule has 0 spiro atoms.